The summed E-state index contributed by atoms with van der Waals surface area (Å²) in [6, 6.07) is 1.79. The number of ether oxygens (including phenoxy) is 1. The molecule has 2 aromatic rings. The van der Waals surface area contributed by atoms with E-state index < -0.39 is 29.7 Å². The lowest BCUT2D eigenvalue weighted by atomic mass is 10.2. The van der Waals surface area contributed by atoms with E-state index >= 15 is 0 Å². The van der Waals surface area contributed by atoms with E-state index in [1.807, 2.05) is 0 Å². The first-order valence-corrected chi connectivity index (χ1v) is 6.79. The molecule has 0 aliphatic carbocycles. The minimum absolute atomic E-state index is 0.0888. The van der Waals surface area contributed by atoms with Gasteiger partial charge in [-0.25, -0.2) is 9.36 Å². The monoisotopic (exact) mass is 322 g/mol. The molecular weight excluding hydrogens is 308 g/mol. The Hall–Kier alpha value is -2.68. The number of H-pyrrole nitrogens is 1. The van der Waals surface area contributed by atoms with Crippen LogP contribution in [0.15, 0.2) is 9.59 Å². The lowest BCUT2D eigenvalue weighted by Crippen LogP contribution is -2.32. The molecule has 11 nitrogen and oxygen atoms in total. The Morgan fingerprint density at radius 1 is 1.52 bits per heavy atom. The molecule has 5 N–H and O–H groups in total. The van der Waals surface area contributed by atoms with Crippen LogP contribution in [0.4, 0.5) is 5.95 Å². The van der Waals surface area contributed by atoms with E-state index in [9.17, 15) is 14.7 Å². The van der Waals surface area contributed by atoms with Crippen LogP contribution < -0.4 is 17.0 Å². The summed E-state index contributed by atoms with van der Waals surface area (Å²) in [7, 11) is 0. The first-order valence-electron chi connectivity index (χ1n) is 6.79. The minimum atomic E-state index is -1.13. The molecule has 0 bridgehead atoms. The van der Waals surface area contributed by atoms with Gasteiger partial charge in [0.05, 0.1) is 18.8 Å². The number of hydrogen-bond donors (Lipinski definition) is 4. The molecule has 122 valence electrons. The fourth-order valence-corrected chi connectivity index (χ4v) is 2.73. The van der Waals surface area contributed by atoms with E-state index in [-0.39, 0.29) is 36.7 Å². The molecule has 0 unspecified atom stereocenters. The second-order valence-electron chi connectivity index (χ2n) is 5.15. The quantitative estimate of drug-likeness (QED) is 0.485. The van der Waals surface area contributed by atoms with E-state index in [2.05, 4.69) is 9.97 Å². The molecule has 3 rings (SSSR count). The van der Waals surface area contributed by atoms with Crippen LogP contribution in [0.25, 0.3) is 11.2 Å². The number of anilines is 1. The van der Waals surface area contributed by atoms with Crippen LogP contribution >= 0.6 is 0 Å². The number of nitrogens with two attached hydrogens (primary N) is 1. The fraction of sp³-hybridized carbons (Fsp3) is 0.500. The average Bonchev–Trinajstić information content (AvgIpc) is 2.98. The summed E-state index contributed by atoms with van der Waals surface area (Å²) in [5.41, 5.74) is 3.89. The summed E-state index contributed by atoms with van der Waals surface area (Å²) in [5, 5.41) is 28.1. The topological polar surface area (TPSA) is 172 Å². The molecule has 1 aliphatic rings. The smallest absolute Gasteiger partial charge is 0.333 e. The zero-order valence-electron chi connectivity index (χ0n) is 11.8. The molecular formula is C12H14N6O5. The van der Waals surface area contributed by atoms with Gasteiger partial charge in [-0.2, -0.15) is 10.2 Å². The maximum Gasteiger partial charge on any atom is 0.333 e. The van der Waals surface area contributed by atoms with Gasteiger partial charge in [-0.15, -0.1) is 0 Å². The number of aromatic amines is 1. The van der Waals surface area contributed by atoms with Gasteiger partial charge >= 0.3 is 5.69 Å². The first-order chi connectivity index (χ1) is 11.0. The van der Waals surface area contributed by atoms with Crippen LogP contribution in [0.2, 0.25) is 0 Å². The molecule has 0 radical (unpaired) electrons. The fourth-order valence-electron chi connectivity index (χ4n) is 2.73. The number of aliphatic hydroxyl groups is 2. The Kier molecular flexibility index (Phi) is 3.64. The Balaban J connectivity index is 2.29. The highest BCUT2D eigenvalue weighted by molar-refractivity contribution is 5.71. The van der Waals surface area contributed by atoms with Gasteiger partial charge in [0.15, 0.2) is 17.4 Å². The van der Waals surface area contributed by atoms with Gasteiger partial charge in [0.2, 0.25) is 5.95 Å². The van der Waals surface area contributed by atoms with E-state index in [0.717, 1.165) is 9.13 Å². The molecule has 3 atom stereocenters. The van der Waals surface area contributed by atoms with E-state index in [0.29, 0.717) is 0 Å². The van der Waals surface area contributed by atoms with Gasteiger partial charge in [0, 0.05) is 6.42 Å². The van der Waals surface area contributed by atoms with Crippen molar-refractivity contribution in [1.82, 2.24) is 19.1 Å². The molecule has 1 fully saturated rings. The number of nitrogen functional groups attached to an aromatic ring is 1. The van der Waals surface area contributed by atoms with Crippen molar-refractivity contribution in [3.05, 3.63) is 20.8 Å². The molecule has 0 aromatic carbocycles. The molecule has 3 heterocycles. The molecule has 0 amide bonds. The van der Waals surface area contributed by atoms with Crippen molar-refractivity contribution in [3.8, 4) is 6.07 Å². The number of nitrogens with zero attached hydrogens (tertiary/aromatic N) is 4. The summed E-state index contributed by atoms with van der Waals surface area (Å²) >= 11 is 0. The van der Waals surface area contributed by atoms with Crippen LogP contribution in [0.3, 0.4) is 0 Å². The van der Waals surface area contributed by atoms with Gasteiger partial charge in [-0.05, 0) is 0 Å². The zero-order chi connectivity index (χ0) is 16.7. The summed E-state index contributed by atoms with van der Waals surface area (Å²) in [6.45, 7) is -0.696. The number of nitrogens with one attached hydrogen (secondary N) is 1. The molecule has 0 saturated carbocycles. The largest absolute Gasteiger partial charge is 0.394 e. The van der Waals surface area contributed by atoms with Crippen molar-refractivity contribution < 1.29 is 14.9 Å². The number of rotatable bonds is 3. The molecule has 0 spiro atoms. The van der Waals surface area contributed by atoms with Gasteiger partial charge < -0.3 is 20.7 Å². The zero-order valence-corrected chi connectivity index (χ0v) is 11.8. The van der Waals surface area contributed by atoms with Gasteiger partial charge in [0.25, 0.3) is 5.56 Å². The number of hydrogen-bond acceptors (Lipinski definition) is 8. The van der Waals surface area contributed by atoms with Gasteiger partial charge in [-0.1, -0.05) is 0 Å². The van der Waals surface area contributed by atoms with Crippen LogP contribution in [-0.2, 0) is 11.3 Å². The number of nitriles is 1. The number of aromatic nitrogens is 4. The highest BCUT2D eigenvalue weighted by Crippen LogP contribution is 2.29. The predicted octanol–water partition coefficient (Wildman–Crippen LogP) is -2.37. The summed E-state index contributed by atoms with van der Waals surface area (Å²) in [4.78, 5) is 30.8. The van der Waals surface area contributed by atoms with Crippen molar-refractivity contribution in [3.63, 3.8) is 0 Å². The number of imidazole rings is 1. The molecule has 2 aromatic heterocycles. The summed E-state index contributed by atoms with van der Waals surface area (Å²) in [6.07, 6.45) is -2.73. The Morgan fingerprint density at radius 3 is 2.87 bits per heavy atom. The third-order valence-electron chi connectivity index (χ3n) is 3.68. The Bertz CT molecular complexity index is 906. The minimum Gasteiger partial charge on any atom is -0.394 e. The van der Waals surface area contributed by atoms with Crippen LogP contribution in [-0.4, -0.2) is 48.1 Å². The maximum absolute atomic E-state index is 12.6. The molecule has 23 heavy (non-hydrogen) atoms. The maximum atomic E-state index is 12.6. The lowest BCUT2D eigenvalue weighted by Gasteiger charge is -2.15. The van der Waals surface area contributed by atoms with Gasteiger partial charge in [-0.3, -0.25) is 14.3 Å². The lowest BCUT2D eigenvalue weighted by molar-refractivity contribution is -0.0505. The van der Waals surface area contributed by atoms with Crippen molar-refractivity contribution in [2.45, 2.75) is 31.4 Å². The number of aliphatic hydroxyl groups excluding tert-OH is 2. The van der Waals surface area contributed by atoms with E-state index in [1.54, 1.807) is 6.07 Å². The van der Waals surface area contributed by atoms with Crippen LogP contribution in [0.5, 0.6) is 0 Å². The van der Waals surface area contributed by atoms with Crippen molar-refractivity contribution in [1.29, 1.82) is 5.26 Å². The third kappa shape index (κ3) is 2.29. The van der Waals surface area contributed by atoms with Crippen molar-refractivity contribution in [2.75, 3.05) is 12.3 Å². The second kappa shape index (κ2) is 5.51. The highest BCUT2D eigenvalue weighted by atomic mass is 16.5. The summed E-state index contributed by atoms with van der Waals surface area (Å²) < 4.78 is 7.36. The average molecular weight is 322 g/mol. The van der Waals surface area contributed by atoms with Crippen LogP contribution in [0.1, 0.15) is 12.6 Å². The number of fused-ring (bicyclic) bond motifs is 1. The van der Waals surface area contributed by atoms with Gasteiger partial charge in [0.1, 0.15) is 12.6 Å². The standard InChI is InChI=1S/C12H14N6O5/c13-1-2-17-7-8(15-11(14)16-9(7)21)18(12(17)22)10-6(20)3-5(4-19)23-10/h5-6,10,19-20H,2-4H2,(H3,14,15,16,21)/t5-,6+,10+/m0/s1. The predicted molar refractivity (Wildman–Crippen MR) is 76.3 cm³/mol. The normalized spacial score (nSPS) is 24.1. The molecule has 1 saturated heterocycles. The van der Waals surface area contributed by atoms with E-state index in [4.69, 9.17) is 20.8 Å². The van der Waals surface area contributed by atoms with E-state index in [1.165, 1.54) is 0 Å². The summed E-state index contributed by atoms with van der Waals surface area (Å²) in [5.74, 6) is -0.212. The highest BCUT2D eigenvalue weighted by Gasteiger charge is 2.38. The van der Waals surface area contributed by atoms with Crippen molar-refractivity contribution in [2.24, 2.45) is 0 Å². The Labute approximate surface area is 128 Å². The van der Waals surface area contributed by atoms with Crippen molar-refractivity contribution >= 4 is 17.1 Å². The second-order valence-corrected chi connectivity index (χ2v) is 5.15. The Morgan fingerprint density at radius 2 is 2.26 bits per heavy atom. The molecule has 11 heteroatoms. The SMILES string of the molecule is N#CCn1c(=O)n([C@@H]2O[C@H](CO)C[C@H]2O)c2nc(N)[nH]c(=O)c21. The first kappa shape index (κ1) is 15.2. The molecule has 1 aliphatic heterocycles. The third-order valence-corrected chi connectivity index (χ3v) is 3.68. The van der Waals surface area contributed by atoms with Crippen LogP contribution in [0, 0.1) is 11.3 Å².